The molecule has 3 aromatic rings. The Bertz CT molecular complexity index is 1050. The van der Waals surface area contributed by atoms with Crippen molar-refractivity contribution in [2.24, 2.45) is 0 Å². The quantitative estimate of drug-likeness (QED) is 0.210. The summed E-state index contributed by atoms with van der Waals surface area (Å²) in [6.07, 6.45) is 7.53. The molecule has 0 aliphatic heterocycles. The molecule has 0 bridgehead atoms. The molecule has 0 unspecified atom stereocenters. The van der Waals surface area contributed by atoms with Crippen LogP contribution in [0.3, 0.4) is 0 Å². The Balaban J connectivity index is 2.05. The van der Waals surface area contributed by atoms with E-state index in [1.807, 2.05) is 42.5 Å². The first-order valence-corrected chi connectivity index (χ1v) is 14.4. The Hall–Kier alpha value is -2.71. The number of hydrogen-bond donors (Lipinski definition) is 0. The maximum absolute atomic E-state index is 14.3. The lowest BCUT2D eigenvalue weighted by Crippen LogP contribution is -2.11. The molecule has 0 N–H and O–H groups in total. The maximum Gasteiger partial charge on any atom is 0.647 e. The third-order valence-electron chi connectivity index (χ3n) is 5.88. The van der Waals surface area contributed by atoms with Gasteiger partial charge in [-0.3, -0.25) is 0 Å². The zero-order valence-corrected chi connectivity index (χ0v) is 22.5. The highest BCUT2D eigenvalue weighted by Gasteiger charge is 2.35. The number of para-hydroxylation sites is 1. The van der Waals surface area contributed by atoms with Crippen LogP contribution < -0.4 is 13.6 Å². The van der Waals surface area contributed by atoms with Crippen LogP contribution in [0.4, 0.5) is 0 Å². The molecule has 4 nitrogen and oxygen atoms in total. The largest absolute Gasteiger partial charge is 0.647 e. The van der Waals surface area contributed by atoms with Crippen LogP contribution in [-0.4, -0.2) is 0 Å². The molecule has 0 aliphatic carbocycles. The van der Waals surface area contributed by atoms with Crippen molar-refractivity contribution < 1.29 is 18.1 Å². The summed E-state index contributed by atoms with van der Waals surface area (Å²) in [5, 5.41) is 0. The first-order chi connectivity index (χ1) is 17.0. The molecule has 0 radical (unpaired) electrons. The topological polar surface area (TPSA) is 44.8 Å². The molecule has 0 amide bonds. The van der Waals surface area contributed by atoms with E-state index in [2.05, 4.69) is 39.8 Å². The molecular formula is C30H39O4P. The van der Waals surface area contributed by atoms with Gasteiger partial charge in [-0.1, -0.05) is 95.8 Å². The highest BCUT2D eigenvalue weighted by atomic mass is 31.2. The molecule has 0 fully saturated rings. The lowest BCUT2D eigenvalue weighted by molar-refractivity contribution is 0.296. The van der Waals surface area contributed by atoms with Crippen molar-refractivity contribution in [3.63, 3.8) is 0 Å². The minimum Gasteiger partial charge on any atom is -0.386 e. The van der Waals surface area contributed by atoms with Crippen molar-refractivity contribution in [1.82, 2.24) is 0 Å². The number of hydrogen-bond acceptors (Lipinski definition) is 4. The van der Waals surface area contributed by atoms with Crippen molar-refractivity contribution in [2.75, 3.05) is 0 Å². The van der Waals surface area contributed by atoms with Crippen molar-refractivity contribution in [3.8, 4) is 17.2 Å². The molecule has 0 saturated heterocycles. The van der Waals surface area contributed by atoms with Gasteiger partial charge in [-0.2, -0.15) is 4.57 Å². The van der Waals surface area contributed by atoms with Gasteiger partial charge in [0.15, 0.2) is 0 Å². The molecule has 0 aliphatic rings. The Kier molecular flexibility index (Phi) is 10.3. The zero-order valence-electron chi connectivity index (χ0n) is 21.6. The molecule has 0 aromatic heterocycles. The highest BCUT2D eigenvalue weighted by Crippen LogP contribution is 2.51. The van der Waals surface area contributed by atoms with Crippen molar-refractivity contribution in [1.29, 1.82) is 0 Å². The molecule has 3 aromatic carbocycles. The molecule has 188 valence electrons. The lowest BCUT2D eigenvalue weighted by atomic mass is 9.99. The second kappa shape index (κ2) is 13.4. The second-order valence-corrected chi connectivity index (χ2v) is 10.3. The smallest absolute Gasteiger partial charge is 0.386 e. The third-order valence-corrected chi connectivity index (χ3v) is 7.15. The SMILES string of the molecule is CCCc1cccc(OP(=O)(Oc2ccccc2)Oc2cccc(CCC)c2CCC)c1CCC. The van der Waals surface area contributed by atoms with Gasteiger partial charge in [0.2, 0.25) is 0 Å². The van der Waals surface area contributed by atoms with E-state index in [9.17, 15) is 4.57 Å². The summed E-state index contributed by atoms with van der Waals surface area (Å²) < 4.78 is 32.7. The van der Waals surface area contributed by atoms with Crippen molar-refractivity contribution in [3.05, 3.63) is 89.0 Å². The summed E-state index contributed by atoms with van der Waals surface area (Å²) in [6.45, 7) is 8.60. The summed E-state index contributed by atoms with van der Waals surface area (Å²) in [5.41, 5.74) is 4.58. The summed E-state index contributed by atoms with van der Waals surface area (Å²) in [5.74, 6) is 1.58. The predicted octanol–water partition coefficient (Wildman–Crippen LogP) is 9.14. The van der Waals surface area contributed by atoms with Crippen LogP contribution >= 0.6 is 7.82 Å². The minimum absolute atomic E-state index is 0.444. The third kappa shape index (κ3) is 7.39. The maximum atomic E-state index is 14.3. The molecule has 0 heterocycles. The van der Waals surface area contributed by atoms with E-state index in [4.69, 9.17) is 13.6 Å². The Morgan fingerprint density at radius 2 is 1.00 bits per heavy atom. The fraction of sp³-hybridized carbons (Fsp3) is 0.400. The van der Waals surface area contributed by atoms with Crippen LogP contribution in [0, 0.1) is 0 Å². The van der Waals surface area contributed by atoms with E-state index in [0.29, 0.717) is 17.2 Å². The molecule has 35 heavy (non-hydrogen) atoms. The molecule has 3 rings (SSSR count). The van der Waals surface area contributed by atoms with Crippen molar-refractivity contribution in [2.45, 2.75) is 79.1 Å². The van der Waals surface area contributed by atoms with Crippen LogP contribution in [0.5, 0.6) is 17.2 Å². The van der Waals surface area contributed by atoms with E-state index in [1.54, 1.807) is 12.1 Å². The molecule has 0 atom stereocenters. The van der Waals surface area contributed by atoms with Gasteiger partial charge in [0.25, 0.3) is 0 Å². The summed E-state index contributed by atoms with van der Waals surface area (Å²) in [7, 11) is -4.06. The van der Waals surface area contributed by atoms with Gasteiger partial charge in [0.05, 0.1) is 0 Å². The Labute approximate surface area is 211 Å². The van der Waals surface area contributed by atoms with Crippen molar-refractivity contribution >= 4 is 7.82 Å². The van der Waals surface area contributed by atoms with Gasteiger partial charge in [0.1, 0.15) is 17.2 Å². The van der Waals surface area contributed by atoms with Gasteiger partial charge in [-0.15, -0.1) is 0 Å². The van der Waals surface area contributed by atoms with Gasteiger partial charge < -0.3 is 13.6 Å². The summed E-state index contributed by atoms with van der Waals surface area (Å²) >= 11 is 0. The van der Waals surface area contributed by atoms with Crippen LogP contribution in [0.1, 0.15) is 75.6 Å². The number of phosphoric ester groups is 1. The average Bonchev–Trinajstić information content (AvgIpc) is 2.84. The number of benzene rings is 3. The normalized spacial score (nSPS) is 11.3. The molecular weight excluding hydrogens is 455 g/mol. The van der Waals surface area contributed by atoms with E-state index >= 15 is 0 Å². The Morgan fingerprint density at radius 3 is 1.43 bits per heavy atom. The standard InChI is InChI=1S/C30H39O4P/c1-5-14-24-18-12-22-29(27(24)16-7-3)33-35(31,32-26-20-10-9-11-21-26)34-30-23-13-19-25(15-6-2)28(30)17-8-4/h9-13,18-23H,5-8,14-17H2,1-4H3. The minimum atomic E-state index is -4.06. The predicted molar refractivity (Wildman–Crippen MR) is 145 cm³/mol. The van der Waals surface area contributed by atoms with Crippen LogP contribution in [0.15, 0.2) is 66.7 Å². The lowest BCUT2D eigenvalue weighted by Gasteiger charge is -2.23. The highest BCUT2D eigenvalue weighted by molar-refractivity contribution is 7.49. The van der Waals surface area contributed by atoms with Gasteiger partial charge in [0, 0.05) is 0 Å². The van der Waals surface area contributed by atoms with Gasteiger partial charge >= 0.3 is 7.82 Å². The van der Waals surface area contributed by atoms with Crippen LogP contribution in [-0.2, 0) is 30.2 Å². The fourth-order valence-corrected chi connectivity index (χ4v) is 5.69. The first-order valence-electron chi connectivity index (χ1n) is 13.0. The number of aryl methyl sites for hydroxylation is 2. The fourth-order valence-electron chi connectivity index (χ4n) is 4.38. The first kappa shape index (κ1) is 26.9. The summed E-state index contributed by atoms with van der Waals surface area (Å²) in [6, 6.07) is 21.0. The zero-order chi connectivity index (χ0) is 25.1. The van der Waals surface area contributed by atoms with Crippen LogP contribution in [0.25, 0.3) is 0 Å². The second-order valence-electron chi connectivity index (χ2n) is 8.82. The monoisotopic (exact) mass is 494 g/mol. The van der Waals surface area contributed by atoms with Crippen LogP contribution in [0.2, 0.25) is 0 Å². The number of phosphoric acid groups is 1. The van der Waals surface area contributed by atoms with Gasteiger partial charge in [-0.05, 0) is 72.2 Å². The van der Waals surface area contributed by atoms with E-state index < -0.39 is 7.82 Å². The average molecular weight is 495 g/mol. The molecule has 0 saturated carbocycles. The summed E-state index contributed by atoms with van der Waals surface area (Å²) in [4.78, 5) is 0. The van der Waals surface area contributed by atoms with E-state index in [-0.39, 0.29) is 0 Å². The molecule has 5 heteroatoms. The van der Waals surface area contributed by atoms with Gasteiger partial charge in [-0.25, -0.2) is 0 Å². The molecule has 0 spiro atoms. The number of rotatable bonds is 14. The Morgan fingerprint density at radius 1 is 0.543 bits per heavy atom. The van der Waals surface area contributed by atoms with E-state index in [1.165, 1.54) is 11.1 Å². The van der Waals surface area contributed by atoms with E-state index in [0.717, 1.165) is 62.5 Å².